The number of halogens is 4. The van der Waals surface area contributed by atoms with Gasteiger partial charge in [0.15, 0.2) is 9.84 Å². The van der Waals surface area contributed by atoms with Gasteiger partial charge in [-0.25, -0.2) is 26.3 Å². The molecule has 27 heavy (non-hydrogen) atoms. The lowest BCUT2D eigenvalue weighted by atomic mass is 10.1. The van der Waals surface area contributed by atoms with Crippen molar-refractivity contribution in [2.45, 2.75) is 18.2 Å². The third-order valence-electron chi connectivity index (χ3n) is 3.97. The molecule has 0 amide bonds. The Labute approximate surface area is 159 Å². The maximum atomic E-state index is 14.3. The Balaban J connectivity index is 2.20. The first kappa shape index (κ1) is 19.4. The summed E-state index contributed by atoms with van der Waals surface area (Å²) >= 11 is 6.01. The lowest BCUT2D eigenvalue weighted by molar-refractivity contribution is 0.145. The Morgan fingerprint density at radius 2 is 1.81 bits per heavy atom. The molecule has 0 bridgehead atoms. The maximum absolute atomic E-state index is 14.3. The van der Waals surface area contributed by atoms with Crippen molar-refractivity contribution in [2.24, 2.45) is 0 Å². The Hall–Kier alpha value is -2.32. The molecule has 0 fully saturated rings. The summed E-state index contributed by atoms with van der Waals surface area (Å²) in [5.41, 5.74) is 1.11. The standard InChI is InChI=1S/C18H14ClF3N2O2S/c1-10-7-12(4-5-13(10)19)24-16(9-15(23-24)18(21)22)11-3-6-17(14(20)8-11)27(2,25)26/h3-9,18H,1-2H3. The molecule has 0 radical (unpaired) electrons. The third kappa shape index (κ3) is 3.86. The summed E-state index contributed by atoms with van der Waals surface area (Å²) in [5, 5.41) is 4.42. The molecule has 0 atom stereocenters. The second kappa shape index (κ2) is 7.01. The van der Waals surface area contributed by atoms with Crippen LogP contribution in [0, 0.1) is 12.7 Å². The number of aromatic nitrogens is 2. The first-order chi connectivity index (χ1) is 12.6. The predicted octanol–water partition coefficient (Wildman–Crippen LogP) is 4.98. The number of aryl methyl sites for hydroxylation is 1. The molecule has 1 aromatic heterocycles. The van der Waals surface area contributed by atoms with E-state index in [1.54, 1.807) is 25.1 Å². The molecular weight excluding hydrogens is 401 g/mol. The van der Waals surface area contributed by atoms with Crippen molar-refractivity contribution in [2.75, 3.05) is 6.26 Å². The second-order valence-corrected chi connectivity index (χ2v) is 8.41. The Morgan fingerprint density at radius 3 is 2.37 bits per heavy atom. The smallest absolute Gasteiger partial charge is 0.233 e. The molecule has 0 N–H and O–H groups in total. The van der Waals surface area contributed by atoms with E-state index in [-0.39, 0.29) is 11.3 Å². The number of hydrogen-bond acceptors (Lipinski definition) is 3. The topological polar surface area (TPSA) is 52.0 Å². The predicted molar refractivity (Wildman–Crippen MR) is 96.8 cm³/mol. The molecule has 142 valence electrons. The zero-order valence-electron chi connectivity index (χ0n) is 14.2. The lowest BCUT2D eigenvalue weighted by Gasteiger charge is -2.10. The molecule has 0 aliphatic rings. The molecule has 3 rings (SSSR count). The second-order valence-electron chi connectivity index (χ2n) is 6.02. The number of rotatable bonds is 4. The SMILES string of the molecule is Cc1cc(-n2nc(C(F)F)cc2-c2ccc(S(C)(=O)=O)c(F)c2)ccc1Cl. The molecule has 4 nitrogen and oxygen atoms in total. The van der Waals surface area contributed by atoms with Crippen LogP contribution < -0.4 is 0 Å². The minimum atomic E-state index is -3.75. The molecule has 0 unspecified atom stereocenters. The molecule has 0 saturated carbocycles. The molecule has 0 saturated heterocycles. The Morgan fingerprint density at radius 1 is 1.11 bits per heavy atom. The summed E-state index contributed by atoms with van der Waals surface area (Å²) in [7, 11) is -3.75. The van der Waals surface area contributed by atoms with E-state index in [9.17, 15) is 21.6 Å². The number of nitrogens with zero attached hydrogens (tertiary/aromatic N) is 2. The fourth-order valence-corrected chi connectivity index (χ4v) is 3.48. The Bertz CT molecular complexity index is 1130. The van der Waals surface area contributed by atoms with Crippen molar-refractivity contribution in [3.63, 3.8) is 0 Å². The zero-order valence-corrected chi connectivity index (χ0v) is 15.8. The summed E-state index contributed by atoms with van der Waals surface area (Å²) in [4.78, 5) is -0.464. The van der Waals surface area contributed by atoms with Crippen LogP contribution in [0.3, 0.4) is 0 Å². The van der Waals surface area contributed by atoms with Crippen LogP contribution in [0.2, 0.25) is 5.02 Å². The fraction of sp³-hybridized carbons (Fsp3) is 0.167. The van der Waals surface area contributed by atoms with E-state index in [0.717, 1.165) is 24.5 Å². The highest BCUT2D eigenvalue weighted by Crippen LogP contribution is 2.31. The van der Waals surface area contributed by atoms with E-state index < -0.39 is 32.7 Å². The highest BCUT2D eigenvalue weighted by atomic mass is 35.5. The normalized spacial score (nSPS) is 12.0. The lowest BCUT2D eigenvalue weighted by Crippen LogP contribution is -2.03. The molecule has 9 heteroatoms. The van der Waals surface area contributed by atoms with Gasteiger partial charge in [0.05, 0.1) is 11.4 Å². The fourth-order valence-electron chi connectivity index (χ4n) is 2.63. The quantitative estimate of drug-likeness (QED) is 0.605. The first-order valence-corrected chi connectivity index (χ1v) is 9.99. The third-order valence-corrected chi connectivity index (χ3v) is 5.52. The van der Waals surface area contributed by atoms with Gasteiger partial charge in [-0.05, 0) is 48.9 Å². The van der Waals surface area contributed by atoms with Crippen molar-refractivity contribution in [1.82, 2.24) is 9.78 Å². The van der Waals surface area contributed by atoms with Gasteiger partial charge in [0.25, 0.3) is 6.43 Å². The minimum Gasteiger partial charge on any atom is -0.233 e. The van der Waals surface area contributed by atoms with E-state index >= 15 is 0 Å². The highest BCUT2D eigenvalue weighted by molar-refractivity contribution is 7.90. The van der Waals surface area contributed by atoms with Crippen LogP contribution in [0.1, 0.15) is 17.7 Å². The van der Waals surface area contributed by atoms with Gasteiger partial charge in [0.1, 0.15) is 16.4 Å². The van der Waals surface area contributed by atoms with E-state index in [1.807, 2.05) is 0 Å². The van der Waals surface area contributed by atoms with Gasteiger partial charge in [-0.3, -0.25) is 0 Å². The zero-order chi connectivity index (χ0) is 19.9. The van der Waals surface area contributed by atoms with E-state index in [1.165, 1.54) is 10.7 Å². The van der Waals surface area contributed by atoms with E-state index in [0.29, 0.717) is 16.3 Å². The van der Waals surface area contributed by atoms with Crippen LogP contribution in [0.15, 0.2) is 47.4 Å². The Kier molecular flexibility index (Phi) is 5.05. The van der Waals surface area contributed by atoms with Crippen molar-refractivity contribution >= 4 is 21.4 Å². The highest BCUT2D eigenvalue weighted by Gasteiger charge is 2.20. The van der Waals surface area contributed by atoms with Crippen LogP contribution in [0.4, 0.5) is 13.2 Å². The summed E-state index contributed by atoms with van der Waals surface area (Å²) in [6.07, 6.45) is -1.93. The number of sulfone groups is 1. The van der Waals surface area contributed by atoms with Crippen molar-refractivity contribution in [1.29, 1.82) is 0 Å². The van der Waals surface area contributed by atoms with Crippen molar-refractivity contribution in [3.8, 4) is 16.9 Å². The van der Waals surface area contributed by atoms with E-state index in [2.05, 4.69) is 5.10 Å². The molecule has 2 aromatic carbocycles. The van der Waals surface area contributed by atoms with Gasteiger partial charge in [-0.2, -0.15) is 5.10 Å². The first-order valence-electron chi connectivity index (χ1n) is 7.72. The molecule has 0 aliphatic carbocycles. The van der Waals surface area contributed by atoms with E-state index in [4.69, 9.17) is 11.6 Å². The molecular formula is C18H14ClF3N2O2S. The van der Waals surface area contributed by atoms with Crippen LogP contribution in [-0.2, 0) is 9.84 Å². The summed E-state index contributed by atoms with van der Waals surface area (Å²) in [6, 6.07) is 9.45. The average Bonchev–Trinajstić information content (AvgIpc) is 3.01. The number of alkyl halides is 2. The van der Waals surface area contributed by atoms with Gasteiger partial charge in [0, 0.05) is 16.8 Å². The van der Waals surface area contributed by atoms with Crippen LogP contribution in [0.5, 0.6) is 0 Å². The average molecular weight is 415 g/mol. The van der Waals surface area contributed by atoms with Gasteiger partial charge < -0.3 is 0 Å². The molecule has 1 heterocycles. The van der Waals surface area contributed by atoms with Crippen LogP contribution >= 0.6 is 11.6 Å². The van der Waals surface area contributed by atoms with Gasteiger partial charge in [-0.1, -0.05) is 17.7 Å². The summed E-state index contributed by atoms with van der Waals surface area (Å²) in [5.74, 6) is -0.964. The summed E-state index contributed by atoms with van der Waals surface area (Å²) < 4.78 is 65.1. The van der Waals surface area contributed by atoms with Gasteiger partial charge in [-0.15, -0.1) is 0 Å². The number of hydrogen-bond donors (Lipinski definition) is 0. The molecule has 3 aromatic rings. The largest absolute Gasteiger partial charge is 0.282 e. The maximum Gasteiger partial charge on any atom is 0.282 e. The molecule has 0 aliphatic heterocycles. The van der Waals surface area contributed by atoms with Gasteiger partial charge in [0.2, 0.25) is 0 Å². The minimum absolute atomic E-state index is 0.200. The summed E-state index contributed by atoms with van der Waals surface area (Å²) in [6.45, 7) is 1.75. The van der Waals surface area contributed by atoms with Crippen molar-refractivity contribution < 1.29 is 21.6 Å². The van der Waals surface area contributed by atoms with Crippen LogP contribution in [-0.4, -0.2) is 24.5 Å². The number of benzene rings is 2. The van der Waals surface area contributed by atoms with Crippen LogP contribution in [0.25, 0.3) is 16.9 Å². The molecule has 0 spiro atoms. The van der Waals surface area contributed by atoms with Gasteiger partial charge >= 0.3 is 0 Å². The van der Waals surface area contributed by atoms with Crippen molar-refractivity contribution in [3.05, 3.63) is 64.6 Å². The monoisotopic (exact) mass is 414 g/mol.